The van der Waals surface area contributed by atoms with E-state index in [4.69, 9.17) is 52.1 Å². The molecule has 3 atom stereocenters. The van der Waals surface area contributed by atoms with E-state index in [1.807, 2.05) is 0 Å². The van der Waals surface area contributed by atoms with E-state index in [0.29, 0.717) is 78.3 Å². The number of halogens is 12. The summed E-state index contributed by atoms with van der Waals surface area (Å²) in [5.41, 5.74) is -7.91. The van der Waals surface area contributed by atoms with Crippen molar-refractivity contribution in [2.75, 3.05) is 84.6 Å². The summed E-state index contributed by atoms with van der Waals surface area (Å²) in [6.07, 6.45) is -29.4. The van der Waals surface area contributed by atoms with Gasteiger partial charge in [-0.15, -0.1) is 0 Å². The lowest BCUT2D eigenvalue weighted by molar-refractivity contribution is -0.138. The van der Waals surface area contributed by atoms with Crippen molar-refractivity contribution in [2.24, 2.45) is 16.8 Å². The minimum absolute atomic E-state index is 0.0301. The van der Waals surface area contributed by atoms with E-state index in [9.17, 15) is 86.9 Å². The number of nitrogens with zero attached hydrogens (tertiary/aromatic N) is 12. The molecule has 0 radical (unpaired) electrons. The highest BCUT2D eigenvalue weighted by atomic mass is 32.2. The van der Waals surface area contributed by atoms with Gasteiger partial charge in [0.05, 0.1) is 52.5 Å². The number of amides is 4. The molecule has 1 aliphatic heterocycles. The monoisotopic (exact) mass is 2070 g/mol. The van der Waals surface area contributed by atoms with Gasteiger partial charge in [-0.2, -0.15) is 54.5 Å². The quantitative estimate of drug-likeness (QED) is 0.0203. The number of fused-ring (bicyclic) bond motifs is 3. The van der Waals surface area contributed by atoms with Crippen molar-refractivity contribution in [3.05, 3.63) is 328 Å². The molecule has 0 saturated heterocycles. The Bertz CT molecular complexity index is 8510. The molecule has 33 heteroatoms. The minimum atomic E-state index is -5.22. The molecule has 3 unspecified atom stereocenters. The van der Waals surface area contributed by atoms with Gasteiger partial charge in [-0.05, 0) is 242 Å². The lowest BCUT2D eigenvalue weighted by Crippen LogP contribution is -2.52. The van der Waals surface area contributed by atoms with Crippen LogP contribution in [0.1, 0.15) is 210 Å². The fraction of sp³-hybridized carbons (Fsp3) is 0.391. The Labute approximate surface area is 898 Å². The minimum Gasteiger partial charge on any atom is -0.338 e. The predicted octanol–water partition coefficient (Wildman–Crippen LogP) is 22.5. The Hall–Kier alpha value is -11.6. The molecule has 0 spiro atoms. The molecular formula is C110H120F12N12O6S3. The van der Waals surface area contributed by atoms with Crippen molar-refractivity contribution in [1.29, 1.82) is 0 Å². The third-order valence-corrected chi connectivity index (χ3v) is 25.1. The molecule has 18 nitrogen and oxygen atoms in total. The normalized spacial score (nSPS) is 22.6. The Kier molecular flexibility index (Phi) is 22.8. The van der Waals surface area contributed by atoms with Gasteiger partial charge in [-0.3, -0.25) is 28.8 Å². The van der Waals surface area contributed by atoms with Crippen LogP contribution in [0.4, 0.5) is 52.7 Å². The first-order chi connectivity index (χ1) is 84.4. The number of likely N-dealkylation sites (N-methyl/N-ethyl adjacent to an activating group) is 3. The number of aromatic nitrogens is 4. The number of hydrogen-bond acceptors (Lipinski definition) is 15. The van der Waals surface area contributed by atoms with Crippen LogP contribution in [0.2, 0.25) is 0 Å². The SMILES string of the molecule is [2H]C([2H])(C)N(C([2H])([2H])C)C([2H])([2H])C([2H])([2H])N(Cc1ccc(-c2ccc(C(F)(F)F)cc2)cc1)C(=O)CN1C(SCc2ccc(F)cc2)=NC(=O)C2C1C([2H])([2H])C([2H])(C)C2([2H])[2H].[2H]C([2H])(C)N(C([2H])([2H])C)C([2H])([2H])C([2H])([2H])N(Cc1ccc(-c2ccc(C(F)(F)F)cc2)cc1)C(=O)Cn1c(SCc2ccc(F)cc2)nc(=O)c2c1CCC2.[2H]c1c([2H])c(CSc2nc(=O)c3c(n2CC(=O)N(Cc2c([2H])c([2H])c(-c4c([2H])c([2H])c(C(F)(F)F)c(C)c4[2H])c([2H])c2[2H])C([2H])([2H])C([2H])([2H])N(CC)CC)C([2H])([2H])C([2H])([2H])C3([2H])[2H])c([2H])c([2H])c1F. The maximum Gasteiger partial charge on any atom is 0.416 e. The summed E-state index contributed by atoms with van der Waals surface area (Å²) in [5.74, 6) is -12.8. The Morgan fingerprint density at radius 2 is 0.867 bits per heavy atom. The van der Waals surface area contributed by atoms with Crippen molar-refractivity contribution in [2.45, 2.75) is 191 Å². The van der Waals surface area contributed by atoms with Crippen LogP contribution in [0.25, 0.3) is 33.4 Å². The number of thioether (sulfide) groups is 3. The summed E-state index contributed by atoms with van der Waals surface area (Å²) in [6.45, 7) is -31.1. The molecule has 0 bridgehead atoms. The van der Waals surface area contributed by atoms with Gasteiger partial charge < -0.3 is 43.4 Å². The third kappa shape index (κ3) is 29.6. The average Bonchev–Trinajstić information content (AvgIpc) is 1.52. The van der Waals surface area contributed by atoms with Crippen molar-refractivity contribution < 1.29 is 129 Å². The van der Waals surface area contributed by atoms with E-state index in [1.165, 1.54) is 115 Å². The Balaban J connectivity index is 0.000000226. The highest BCUT2D eigenvalue weighted by molar-refractivity contribution is 8.13. The van der Waals surface area contributed by atoms with Gasteiger partial charge in [0.1, 0.15) is 30.5 Å². The first-order valence-electron chi connectivity index (χ1n) is 64.8. The first kappa shape index (κ1) is 65.0. The van der Waals surface area contributed by atoms with Crippen LogP contribution in [-0.4, -0.2) is 173 Å². The van der Waals surface area contributed by atoms with E-state index in [1.54, 1.807) is 12.1 Å². The van der Waals surface area contributed by atoms with Crippen LogP contribution in [-0.2, 0) is 113 Å². The summed E-state index contributed by atoms with van der Waals surface area (Å²) in [7, 11) is 0. The topological polar surface area (TPSA) is 173 Å². The molecule has 758 valence electrons. The lowest BCUT2D eigenvalue weighted by atomic mass is 9.98. The molecule has 3 aliphatic carbocycles. The summed E-state index contributed by atoms with van der Waals surface area (Å²) >= 11 is 2.15. The van der Waals surface area contributed by atoms with Gasteiger partial charge in [0, 0.05) is 139 Å². The van der Waals surface area contributed by atoms with Gasteiger partial charge in [0.25, 0.3) is 17.0 Å². The molecule has 9 aromatic carbocycles. The zero-order valence-corrected chi connectivity index (χ0v) is 79.9. The van der Waals surface area contributed by atoms with Gasteiger partial charge in [-0.25, -0.2) is 13.2 Å². The highest BCUT2D eigenvalue weighted by Gasteiger charge is 2.46. The van der Waals surface area contributed by atoms with E-state index < -0.39 is 358 Å². The van der Waals surface area contributed by atoms with Crippen LogP contribution in [0.15, 0.2) is 237 Å². The molecule has 11 aromatic rings. The van der Waals surface area contributed by atoms with Crippen molar-refractivity contribution in [3.63, 3.8) is 0 Å². The summed E-state index contributed by atoms with van der Waals surface area (Å²) in [5, 5.41) is -1.05. The molecule has 0 N–H and O–H groups in total. The number of benzene rings is 9. The molecular weight excluding hydrogens is 1910 g/mol. The van der Waals surface area contributed by atoms with Crippen molar-refractivity contribution in [3.8, 4) is 33.4 Å². The van der Waals surface area contributed by atoms with Crippen LogP contribution >= 0.6 is 35.3 Å². The van der Waals surface area contributed by atoms with Gasteiger partial charge in [-0.1, -0.05) is 229 Å². The van der Waals surface area contributed by atoms with Gasteiger partial charge in [0.2, 0.25) is 17.7 Å². The molecule has 1 saturated carbocycles. The fourth-order valence-corrected chi connectivity index (χ4v) is 17.3. The average molecular weight is 2070 g/mol. The predicted molar refractivity (Wildman–Crippen MR) is 540 cm³/mol. The van der Waals surface area contributed by atoms with Crippen LogP contribution < -0.4 is 11.1 Å². The van der Waals surface area contributed by atoms with Crippen LogP contribution in [0.3, 0.4) is 0 Å². The Morgan fingerprint density at radius 3 is 1.34 bits per heavy atom. The number of carbonyl (C=O) groups excluding carboxylic acids is 4. The molecule has 4 aliphatic rings. The van der Waals surface area contributed by atoms with Crippen LogP contribution in [0.5, 0.6) is 0 Å². The second-order valence-electron chi connectivity index (χ2n) is 31.6. The fourth-order valence-electron chi connectivity index (χ4n) is 14.5. The molecule has 15 rings (SSSR count). The van der Waals surface area contributed by atoms with E-state index in [0.717, 1.165) is 111 Å². The standard InChI is InChI=1S/C37H42F4N4O2S.C37H40F4N4O2S.C36H38F4N4O2S/c1-4-43(5-2)18-19-44(22-26-6-10-28(11-7-26)29-12-14-30(15-13-29)37(39,40)41)34(46)23-45-33-21-25(3)20-32(33)35(47)42-36(45)48-24-27-8-16-31(38)17-9-27;1-4-43(5-2)19-20-44(22-26-9-13-28(14-10-26)29-15-18-32(25(3)21-29)37(39,40)41)34(46)23-45-33-8-6-7-31(33)35(47)42-36(45)48-24-27-11-16-30(38)17-12-27;1-3-42(4-2)20-21-43(22-25-8-12-27(13-9-25)28-14-16-29(17-15-28)36(38,39)40)33(45)23-44-32-7-5-6-31(32)34(46)41-35(44)47-24-26-10-18-30(37)19-11-26/h6-17,25,32-33H,4-5,18-24H2,1-3H3;9-18,21H,4-8,19-20,22-24H2,1-3H3;8-19H,3-7,20-24H2,1-2H3/i4D2,5D2,18D2,19D2,20D2,21D2,25D;6D2,7D2,8D2,9D,10D,11D,12D,13D,14D,15D,16D,17D,18D,19D2,20D2,21D;3D2,4D2,20D2,21D2. The lowest BCUT2D eigenvalue weighted by Gasteiger charge is -2.38. The number of amidine groups is 1. The summed E-state index contributed by atoms with van der Waals surface area (Å²) in [4.78, 5) is 99.3. The number of rotatable bonds is 38. The molecule has 1 fully saturated rings. The van der Waals surface area contributed by atoms with Crippen molar-refractivity contribution in [1.82, 2.24) is 53.4 Å². The molecule has 3 heterocycles. The third-order valence-electron chi connectivity index (χ3n) is 22.0. The zero-order valence-electron chi connectivity index (χ0n) is 119. The van der Waals surface area contributed by atoms with Crippen LogP contribution in [0, 0.1) is 36.2 Å². The zero-order chi connectivity index (χ0) is 140. The molecule has 4 amide bonds. The molecule has 2 aromatic heterocycles. The second-order valence-corrected chi connectivity index (χ2v) is 34.4. The summed E-state index contributed by atoms with van der Waals surface area (Å²) < 4.78 is 528. The number of aliphatic imine (C=N–C) groups is 1. The highest BCUT2D eigenvalue weighted by Crippen LogP contribution is 2.42. The van der Waals surface area contributed by atoms with E-state index in [2.05, 4.69) is 15.0 Å². The summed E-state index contributed by atoms with van der Waals surface area (Å²) in [6, 6.07) is 16.7. The van der Waals surface area contributed by atoms with Gasteiger partial charge >= 0.3 is 18.5 Å². The first-order valence-corrected chi connectivity index (χ1v) is 46.8. The second kappa shape index (κ2) is 50.3. The maximum absolute atomic E-state index is 15.0. The van der Waals surface area contributed by atoms with Crippen molar-refractivity contribution >= 4 is 64.1 Å². The van der Waals surface area contributed by atoms with E-state index in [-0.39, 0.29) is 72.5 Å². The smallest absolute Gasteiger partial charge is 0.338 e. The maximum atomic E-state index is 15.0. The number of carbonyl (C=O) groups is 4. The van der Waals surface area contributed by atoms with E-state index >= 15 is 0 Å². The Morgan fingerprint density at radius 1 is 0.448 bits per heavy atom. The van der Waals surface area contributed by atoms with Gasteiger partial charge in [0.15, 0.2) is 15.5 Å². The number of alkyl halides is 9. The molecule has 143 heavy (non-hydrogen) atoms. The number of hydrogen-bond donors (Lipinski definition) is 0. The largest absolute Gasteiger partial charge is 0.416 e.